The molecule has 1 saturated heterocycles. The SMILES string of the molecule is CC1(C)CCC(CN2CCNCC2)=C(c2ccc(C(F)(F)F)cc2)C1. The topological polar surface area (TPSA) is 15.3 Å². The zero-order chi connectivity index (χ0) is 18.1. The molecule has 3 rings (SSSR count). The second kappa shape index (κ2) is 7.12. The van der Waals surface area contributed by atoms with E-state index in [9.17, 15) is 13.2 Å². The van der Waals surface area contributed by atoms with Gasteiger partial charge in [0.15, 0.2) is 0 Å². The molecule has 0 radical (unpaired) electrons. The Morgan fingerprint density at radius 1 is 1.08 bits per heavy atom. The smallest absolute Gasteiger partial charge is 0.314 e. The van der Waals surface area contributed by atoms with Gasteiger partial charge in [0.05, 0.1) is 5.56 Å². The van der Waals surface area contributed by atoms with Gasteiger partial charge in [-0.1, -0.05) is 31.6 Å². The summed E-state index contributed by atoms with van der Waals surface area (Å²) in [6, 6.07) is 5.73. The molecule has 1 aliphatic heterocycles. The largest absolute Gasteiger partial charge is 0.416 e. The van der Waals surface area contributed by atoms with Crippen LogP contribution in [0.5, 0.6) is 0 Å². The first-order chi connectivity index (χ1) is 11.7. The van der Waals surface area contributed by atoms with Gasteiger partial charge in [0, 0.05) is 32.7 Å². The van der Waals surface area contributed by atoms with E-state index < -0.39 is 11.7 Å². The third-order valence-corrected chi connectivity index (χ3v) is 5.37. The Balaban J connectivity index is 1.88. The molecule has 1 aromatic carbocycles. The zero-order valence-corrected chi connectivity index (χ0v) is 15.0. The monoisotopic (exact) mass is 352 g/mol. The molecular weight excluding hydrogens is 325 g/mol. The molecule has 1 fully saturated rings. The lowest BCUT2D eigenvalue weighted by atomic mass is 9.72. The first-order valence-corrected chi connectivity index (χ1v) is 9.06. The van der Waals surface area contributed by atoms with E-state index in [0.717, 1.165) is 57.5 Å². The maximum Gasteiger partial charge on any atom is 0.416 e. The van der Waals surface area contributed by atoms with Crippen molar-refractivity contribution >= 4 is 5.57 Å². The van der Waals surface area contributed by atoms with Crippen LogP contribution in [0.4, 0.5) is 13.2 Å². The van der Waals surface area contributed by atoms with E-state index >= 15 is 0 Å². The van der Waals surface area contributed by atoms with Crippen LogP contribution in [0.1, 0.15) is 44.2 Å². The number of hydrogen-bond acceptors (Lipinski definition) is 2. The molecule has 0 atom stereocenters. The molecule has 0 unspecified atom stereocenters. The lowest BCUT2D eigenvalue weighted by molar-refractivity contribution is -0.137. The molecular formula is C20H27F3N2. The fourth-order valence-corrected chi connectivity index (χ4v) is 3.81. The Labute approximate surface area is 148 Å². The third kappa shape index (κ3) is 4.64. The maximum atomic E-state index is 12.8. The summed E-state index contributed by atoms with van der Waals surface area (Å²) < 4.78 is 38.5. The molecule has 0 aromatic heterocycles. The highest BCUT2D eigenvalue weighted by Crippen LogP contribution is 2.43. The van der Waals surface area contributed by atoms with Gasteiger partial charge in [-0.3, -0.25) is 4.90 Å². The van der Waals surface area contributed by atoms with Crippen molar-refractivity contribution in [2.24, 2.45) is 5.41 Å². The van der Waals surface area contributed by atoms with Crippen molar-refractivity contribution in [2.75, 3.05) is 32.7 Å². The Morgan fingerprint density at radius 2 is 1.72 bits per heavy atom. The van der Waals surface area contributed by atoms with E-state index in [4.69, 9.17) is 0 Å². The molecule has 0 amide bonds. The van der Waals surface area contributed by atoms with Gasteiger partial charge in [0.2, 0.25) is 0 Å². The van der Waals surface area contributed by atoms with Crippen molar-refractivity contribution in [1.82, 2.24) is 10.2 Å². The van der Waals surface area contributed by atoms with Crippen molar-refractivity contribution in [3.05, 3.63) is 41.0 Å². The predicted octanol–water partition coefficient (Wildman–Crippen LogP) is 4.57. The molecule has 1 aromatic rings. The highest BCUT2D eigenvalue weighted by Gasteiger charge is 2.31. The lowest BCUT2D eigenvalue weighted by Gasteiger charge is -2.36. The number of benzene rings is 1. The van der Waals surface area contributed by atoms with Crippen LogP contribution in [0.15, 0.2) is 29.8 Å². The minimum atomic E-state index is -4.28. The molecule has 5 heteroatoms. The van der Waals surface area contributed by atoms with Gasteiger partial charge in [-0.05, 0) is 47.9 Å². The van der Waals surface area contributed by atoms with E-state index in [1.54, 1.807) is 12.1 Å². The van der Waals surface area contributed by atoms with Crippen molar-refractivity contribution in [1.29, 1.82) is 0 Å². The Kier molecular flexibility index (Phi) is 5.26. The van der Waals surface area contributed by atoms with Crippen LogP contribution in [-0.2, 0) is 6.18 Å². The van der Waals surface area contributed by atoms with Gasteiger partial charge < -0.3 is 5.32 Å². The van der Waals surface area contributed by atoms with Crippen LogP contribution in [-0.4, -0.2) is 37.6 Å². The quantitative estimate of drug-likeness (QED) is 0.857. The summed E-state index contributed by atoms with van der Waals surface area (Å²) in [6.07, 6.45) is -1.17. The Morgan fingerprint density at radius 3 is 2.32 bits per heavy atom. The van der Waals surface area contributed by atoms with E-state index in [0.29, 0.717) is 0 Å². The second-order valence-electron chi connectivity index (χ2n) is 8.02. The molecule has 0 bridgehead atoms. The number of piperazine rings is 1. The van der Waals surface area contributed by atoms with Gasteiger partial charge in [-0.2, -0.15) is 13.2 Å². The summed E-state index contributed by atoms with van der Waals surface area (Å²) >= 11 is 0. The molecule has 2 nitrogen and oxygen atoms in total. The van der Waals surface area contributed by atoms with Crippen molar-refractivity contribution < 1.29 is 13.2 Å². The van der Waals surface area contributed by atoms with Crippen LogP contribution < -0.4 is 5.32 Å². The summed E-state index contributed by atoms with van der Waals surface area (Å²) in [7, 11) is 0. The number of rotatable bonds is 3. The summed E-state index contributed by atoms with van der Waals surface area (Å²) in [4.78, 5) is 2.45. The van der Waals surface area contributed by atoms with Crippen LogP contribution in [0.2, 0.25) is 0 Å². The molecule has 0 saturated carbocycles. The van der Waals surface area contributed by atoms with Crippen molar-refractivity contribution in [2.45, 2.75) is 39.3 Å². The van der Waals surface area contributed by atoms with Crippen LogP contribution >= 0.6 is 0 Å². The number of allylic oxidation sites excluding steroid dienone is 1. The Hall–Kier alpha value is -1.33. The fraction of sp³-hybridized carbons (Fsp3) is 0.600. The minimum Gasteiger partial charge on any atom is -0.314 e. The van der Waals surface area contributed by atoms with Gasteiger partial charge in [0.1, 0.15) is 0 Å². The van der Waals surface area contributed by atoms with Gasteiger partial charge >= 0.3 is 6.18 Å². The summed E-state index contributed by atoms with van der Waals surface area (Å²) in [5, 5.41) is 3.36. The second-order valence-corrected chi connectivity index (χ2v) is 8.02. The van der Waals surface area contributed by atoms with E-state index in [1.807, 2.05) is 0 Å². The molecule has 0 spiro atoms. The summed E-state index contributed by atoms with van der Waals surface area (Å²) in [5.74, 6) is 0. The van der Waals surface area contributed by atoms with E-state index in [-0.39, 0.29) is 5.41 Å². The van der Waals surface area contributed by atoms with Gasteiger partial charge in [-0.15, -0.1) is 0 Å². The molecule has 2 aliphatic rings. The number of nitrogens with zero attached hydrogens (tertiary/aromatic N) is 1. The van der Waals surface area contributed by atoms with Crippen molar-refractivity contribution in [3.63, 3.8) is 0 Å². The van der Waals surface area contributed by atoms with Crippen LogP contribution in [0, 0.1) is 5.41 Å². The standard InChI is InChI=1S/C20H27F3N2/c1-19(2)8-7-16(14-25-11-9-24-10-12-25)18(13-19)15-3-5-17(6-4-15)20(21,22)23/h3-6,24H,7-14H2,1-2H3. The summed E-state index contributed by atoms with van der Waals surface area (Å²) in [5.41, 5.74) is 3.23. The highest BCUT2D eigenvalue weighted by molar-refractivity contribution is 5.70. The first-order valence-electron chi connectivity index (χ1n) is 9.06. The summed E-state index contributed by atoms with van der Waals surface area (Å²) in [6.45, 7) is 9.52. The molecule has 25 heavy (non-hydrogen) atoms. The molecule has 138 valence electrons. The highest BCUT2D eigenvalue weighted by atomic mass is 19.4. The molecule has 1 aliphatic carbocycles. The van der Waals surface area contributed by atoms with Gasteiger partial charge in [0.25, 0.3) is 0 Å². The predicted molar refractivity (Wildman–Crippen MR) is 95.3 cm³/mol. The average molecular weight is 352 g/mol. The molecule has 1 heterocycles. The first kappa shape index (κ1) is 18.5. The van der Waals surface area contributed by atoms with Crippen LogP contribution in [0.25, 0.3) is 5.57 Å². The normalized spacial score (nSPS) is 22.3. The zero-order valence-electron chi connectivity index (χ0n) is 15.0. The number of hydrogen-bond donors (Lipinski definition) is 1. The number of nitrogens with one attached hydrogen (secondary N) is 1. The van der Waals surface area contributed by atoms with E-state index in [1.165, 1.54) is 23.3 Å². The average Bonchev–Trinajstić information content (AvgIpc) is 2.57. The number of alkyl halides is 3. The minimum absolute atomic E-state index is 0.199. The van der Waals surface area contributed by atoms with Crippen molar-refractivity contribution in [3.8, 4) is 0 Å². The Bertz CT molecular complexity index is 623. The molecule has 1 N–H and O–H groups in total. The number of halogens is 3. The maximum absolute atomic E-state index is 12.8. The van der Waals surface area contributed by atoms with E-state index in [2.05, 4.69) is 24.1 Å². The lowest BCUT2D eigenvalue weighted by Crippen LogP contribution is -2.44. The van der Waals surface area contributed by atoms with Crippen LogP contribution in [0.3, 0.4) is 0 Å². The third-order valence-electron chi connectivity index (χ3n) is 5.37. The fourth-order valence-electron chi connectivity index (χ4n) is 3.81. The van der Waals surface area contributed by atoms with Gasteiger partial charge in [-0.25, -0.2) is 0 Å².